The Hall–Kier alpha value is -2.77. The molecule has 7 heteroatoms. The van der Waals surface area contributed by atoms with E-state index in [4.69, 9.17) is 0 Å². The molecule has 5 nitrogen and oxygen atoms in total. The van der Waals surface area contributed by atoms with Gasteiger partial charge >= 0.3 is 0 Å². The Morgan fingerprint density at radius 1 is 1.22 bits per heavy atom. The minimum atomic E-state index is -0.203. The van der Waals surface area contributed by atoms with E-state index < -0.39 is 0 Å². The van der Waals surface area contributed by atoms with Gasteiger partial charge in [0.05, 0.1) is 18.4 Å². The predicted octanol–water partition coefficient (Wildman–Crippen LogP) is 3.81. The largest absolute Gasteiger partial charge is 0.350 e. The molecule has 3 heterocycles. The Bertz CT molecular complexity index is 1160. The van der Waals surface area contributed by atoms with Crippen LogP contribution in [0.5, 0.6) is 0 Å². The number of nitrogens with one attached hydrogen (secondary N) is 1. The number of thiophene rings is 2. The predicted molar refractivity (Wildman–Crippen MR) is 110 cm³/mol. The van der Waals surface area contributed by atoms with Gasteiger partial charge in [0, 0.05) is 9.75 Å². The van der Waals surface area contributed by atoms with E-state index in [0.29, 0.717) is 16.8 Å². The monoisotopic (exact) mass is 395 g/mol. The van der Waals surface area contributed by atoms with Crippen molar-refractivity contribution >= 4 is 38.8 Å². The molecule has 1 amide bonds. The highest BCUT2D eigenvalue weighted by Crippen LogP contribution is 2.30. The van der Waals surface area contributed by atoms with Crippen LogP contribution in [0.15, 0.2) is 59.0 Å². The number of rotatable bonds is 5. The fourth-order valence-corrected chi connectivity index (χ4v) is 4.69. The topological polar surface area (TPSA) is 64.0 Å². The second-order valence-corrected chi connectivity index (χ2v) is 8.23. The number of amides is 1. The molecule has 0 aliphatic carbocycles. The van der Waals surface area contributed by atoms with Crippen LogP contribution < -0.4 is 10.9 Å². The first-order valence-corrected chi connectivity index (χ1v) is 10.2. The van der Waals surface area contributed by atoms with E-state index in [0.717, 1.165) is 20.9 Å². The third kappa shape index (κ3) is 3.70. The van der Waals surface area contributed by atoms with Gasteiger partial charge in [-0.3, -0.25) is 14.2 Å². The van der Waals surface area contributed by atoms with E-state index in [-0.39, 0.29) is 18.0 Å². The molecule has 0 spiro atoms. The minimum Gasteiger partial charge on any atom is -0.350 e. The second-order valence-electron chi connectivity index (χ2n) is 6.17. The van der Waals surface area contributed by atoms with Crippen LogP contribution >= 0.6 is 22.7 Å². The Morgan fingerprint density at radius 3 is 2.78 bits per heavy atom. The maximum absolute atomic E-state index is 12.8. The second kappa shape index (κ2) is 7.46. The van der Waals surface area contributed by atoms with E-state index in [2.05, 4.69) is 10.3 Å². The molecule has 0 radical (unpaired) electrons. The summed E-state index contributed by atoms with van der Waals surface area (Å²) in [5.41, 5.74) is 2.69. The normalized spacial score (nSPS) is 11.0. The smallest absolute Gasteiger partial charge is 0.271 e. The van der Waals surface area contributed by atoms with Crippen LogP contribution in [0, 0.1) is 6.92 Å². The summed E-state index contributed by atoms with van der Waals surface area (Å²) in [5.74, 6) is -0.203. The van der Waals surface area contributed by atoms with Crippen molar-refractivity contribution in [2.24, 2.45) is 0 Å². The molecule has 1 N–H and O–H groups in total. The zero-order valence-electron chi connectivity index (χ0n) is 14.6. The van der Waals surface area contributed by atoms with Gasteiger partial charge in [-0.25, -0.2) is 4.98 Å². The highest BCUT2D eigenvalue weighted by molar-refractivity contribution is 7.22. The molecule has 0 bridgehead atoms. The van der Waals surface area contributed by atoms with Crippen molar-refractivity contribution in [1.29, 1.82) is 0 Å². The first-order chi connectivity index (χ1) is 13.1. The Balaban J connectivity index is 1.54. The third-order valence-corrected chi connectivity index (χ3v) is 6.47. The maximum atomic E-state index is 12.8. The van der Waals surface area contributed by atoms with E-state index in [1.54, 1.807) is 11.3 Å². The number of carbonyl (C=O) groups is 1. The van der Waals surface area contributed by atoms with Gasteiger partial charge < -0.3 is 5.32 Å². The SMILES string of the molecule is Cc1ccsc1CNC(=O)Cn1cnc2cc(-c3ccccc3)sc2c1=O. The lowest BCUT2D eigenvalue weighted by Crippen LogP contribution is -2.31. The van der Waals surface area contributed by atoms with Gasteiger partial charge in [-0.15, -0.1) is 22.7 Å². The highest BCUT2D eigenvalue weighted by atomic mass is 32.1. The van der Waals surface area contributed by atoms with Crippen LogP contribution in [0.3, 0.4) is 0 Å². The summed E-state index contributed by atoms with van der Waals surface area (Å²) in [4.78, 5) is 31.5. The number of aryl methyl sites for hydroxylation is 1. The third-order valence-electron chi connectivity index (χ3n) is 4.29. The van der Waals surface area contributed by atoms with Gasteiger partial charge in [-0.05, 0) is 35.6 Å². The minimum absolute atomic E-state index is 0.0369. The quantitative estimate of drug-likeness (QED) is 0.559. The Kier molecular flexibility index (Phi) is 4.87. The number of carbonyl (C=O) groups excluding carboxylic acids is 1. The summed E-state index contributed by atoms with van der Waals surface area (Å²) in [6.45, 7) is 2.45. The number of benzene rings is 1. The van der Waals surface area contributed by atoms with Crippen LogP contribution in [0.1, 0.15) is 10.4 Å². The number of hydrogen-bond donors (Lipinski definition) is 1. The molecular formula is C20H17N3O2S2. The fourth-order valence-electron chi connectivity index (χ4n) is 2.78. The number of fused-ring (bicyclic) bond motifs is 1. The van der Waals surface area contributed by atoms with Crippen LogP contribution in [-0.4, -0.2) is 15.5 Å². The van der Waals surface area contributed by atoms with Crippen molar-refractivity contribution in [3.05, 3.63) is 75.0 Å². The number of aromatic nitrogens is 2. The molecule has 0 unspecified atom stereocenters. The summed E-state index contributed by atoms with van der Waals surface area (Å²) in [6.07, 6.45) is 1.45. The molecule has 0 saturated carbocycles. The van der Waals surface area contributed by atoms with Crippen LogP contribution in [0.25, 0.3) is 20.7 Å². The van der Waals surface area contributed by atoms with Crippen molar-refractivity contribution in [2.75, 3.05) is 0 Å². The molecule has 0 saturated heterocycles. The lowest BCUT2D eigenvalue weighted by Gasteiger charge is -2.06. The van der Waals surface area contributed by atoms with E-state index >= 15 is 0 Å². The molecule has 27 heavy (non-hydrogen) atoms. The van der Waals surface area contributed by atoms with Gasteiger partial charge in [-0.1, -0.05) is 30.3 Å². The van der Waals surface area contributed by atoms with Gasteiger partial charge in [0.1, 0.15) is 11.2 Å². The molecule has 0 fully saturated rings. The van der Waals surface area contributed by atoms with Crippen LogP contribution in [-0.2, 0) is 17.9 Å². The van der Waals surface area contributed by atoms with Gasteiger partial charge in [0.25, 0.3) is 5.56 Å². The average Bonchev–Trinajstić information content (AvgIpc) is 3.30. The molecular weight excluding hydrogens is 378 g/mol. The summed E-state index contributed by atoms with van der Waals surface area (Å²) in [6, 6.07) is 13.8. The van der Waals surface area contributed by atoms with Crippen LogP contribution in [0.4, 0.5) is 0 Å². The van der Waals surface area contributed by atoms with Crippen molar-refractivity contribution in [1.82, 2.24) is 14.9 Å². The summed E-state index contributed by atoms with van der Waals surface area (Å²) < 4.78 is 1.93. The zero-order chi connectivity index (χ0) is 18.8. The number of hydrogen-bond acceptors (Lipinski definition) is 5. The standard InChI is InChI=1S/C20H17N3O2S2/c1-13-7-8-26-17(13)10-21-18(24)11-23-12-22-15-9-16(27-19(15)20(23)25)14-5-3-2-4-6-14/h2-9,12H,10-11H2,1H3,(H,21,24). The first-order valence-electron chi connectivity index (χ1n) is 8.46. The number of nitrogens with zero attached hydrogens (tertiary/aromatic N) is 2. The molecule has 0 aliphatic heterocycles. The summed E-state index contributed by atoms with van der Waals surface area (Å²) in [7, 11) is 0. The van der Waals surface area contributed by atoms with E-state index in [1.807, 2.05) is 54.8 Å². The van der Waals surface area contributed by atoms with Crippen LogP contribution in [0.2, 0.25) is 0 Å². The Labute approximate surface area is 163 Å². The average molecular weight is 396 g/mol. The molecule has 0 atom stereocenters. The van der Waals surface area contributed by atoms with Gasteiger partial charge in [0.2, 0.25) is 5.91 Å². The lowest BCUT2D eigenvalue weighted by atomic mass is 10.2. The van der Waals surface area contributed by atoms with Crippen molar-refractivity contribution in [3.63, 3.8) is 0 Å². The molecule has 3 aromatic heterocycles. The summed E-state index contributed by atoms with van der Waals surface area (Å²) >= 11 is 3.02. The molecule has 4 aromatic rings. The lowest BCUT2D eigenvalue weighted by molar-refractivity contribution is -0.121. The maximum Gasteiger partial charge on any atom is 0.271 e. The van der Waals surface area contributed by atoms with E-state index in [1.165, 1.54) is 22.2 Å². The molecule has 4 rings (SSSR count). The van der Waals surface area contributed by atoms with E-state index in [9.17, 15) is 9.59 Å². The fraction of sp³-hybridized carbons (Fsp3) is 0.150. The van der Waals surface area contributed by atoms with Crippen molar-refractivity contribution in [2.45, 2.75) is 20.0 Å². The summed E-state index contributed by atoms with van der Waals surface area (Å²) in [5, 5.41) is 4.87. The van der Waals surface area contributed by atoms with Crippen molar-refractivity contribution < 1.29 is 4.79 Å². The Morgan fingerprint density at radius 2 is 2.04 bits per heavy atom. The molecule has 0 aliphatic rings. The highest BCUT2D eigenvalue weighted by Gasteiger charge is 2.12. The zero-order valence-corrected chi connectivity index (χ0v) is 16.3. The molecule has 136 valence electrons. The first kappa shape index (κ1) is 17.6. The van der Waals surface area contributed by atoms with Crippen molar-refractivity contribution in [3.8, 4) is 10.4 Å². The van der Waals surface area contributed by atoms with Gasteiger partial charge in [0.15, 0.2) is 0 Å². The molecule has 1 aromatic carbocycles. The van der Waals surface area contributed by atoms with Gasteiger partial charge in [-0.2, -0.15) is 0 Å².